The van der Waals surface area contributed by atoms with Crippen LogP contribution in [0.5, 0.6) is 0 Å². The molecule has 2 aliphatic carbocycles. The van der Waals surface area contributed by atoms with Crippen molar-refractivity contribution in [1.82, 2.24) is 15.5 Å². The van der Waals surface area contributed by atoms with Crippen molar-refractivity contribution in [2.24, 2.45) is 5.92 Å². The van der Waals surface area contributed by atoms with E-state index in [4.69, 9.17) is 4.52 Å². The Labute approximate surface area is 130 Å². The number of rotatable bonds is 3. The maximum Gasteiger partial charge on any atom is 0.226 e. The van der Waals surface area contributed by atoms with Crippen LogP contribution in [0.3, 0.4) is 0 Å². The first-order valence-corrected chi connectivity index (χ1v) is 8.42. The summed E-state index contributed by atoms with van der Waals surface area (Å²) in [6, 6.07) is 0. The Kier molecular flexibility index (Phi) is 4.47. The minimum atomic E-state index is -0.534. The number of hydrogen-bond acceptors (Lipinski definition) is 5. The van der Waals surface area contributed by atoms with Crippen LogP contribution >= 0.6 is 0 Å². The number of hydrogen-bond donors (Lipinski definition) is 2. The van der Waals surface area contributed by atoms with Crippen LogP contribution in [-0.2, 0) is 10.3 Å². The van der Waals surface area contributed by atoms with Crippen LogP contribution in [0.4, 0.5) is 0 Å². The number of nitrogens with zero attached hydrogens (tertiary/aromatic N) is 2. The lowest BCUT2D eigenvalue weighted by atomic mass is 9.88. The molecule has 3 rings (SSSR count). The Morgan fingerprint density at radius 3 is 2.50 bits per heavy atom. The molecule has 2 saturated carbocycles. The fourth-order valence-electron chi connectivity index (χ4n) is 3.81. The summed E-state index contributed by atoms with van der Waals surface area (Å²) >= 11 is 0. The first-order valence-electron chi connectivity index (χ1n) is 8.42. The van der Waals surface area contributed by atoms with Gasteiger partial charge in [0.25, 0.3) is 0 Å². The first kappa shape index (κ1) is 15.5. The van der Waals surface area contributed by atoms with Crippen molar-refractivity contribution in [2.45, 2.75) is 76.4 Å². The Hall–Kier alpha value is -1.43. The molecule has 122 valence electrons. The van der Waals surface area contributed by atoms with Gasteiger partial charge in [-0.3, -0.25) is 4.79 Å². The van der Waals surface area contributed by atoms with E-state index in [0.717, 1.165) is 38.5 Å². The summed E-state index contributed by atoms with van der Waals surface area (Å²) in [5, 5.41) is 17.3. The molecule has 0 aliphatic heterocycles. The molecule has 0 radical (unpaired) electrons. The van der Waals surface area contributed by atoms with Crippen LogP contribution in [0, 0.1) is 12.8 Å². The fraction of sp³-hybridized carbons (Fsp3) is 0.812. The number of nitrogens with one attached hydrogen (secondary N) is 1. The van der Waals surface area contributed by atoms with Gasteiger partial charge in [0.15, 0.2) is 5.82 Å². The number of aryl methyl sites for hydroxylation is 1. The zero-order valence-corrected chi connectivity index (χ0v) is 13.2. The lowest BCUT2D eigenvalue weighted by molar-refractivity contribution is -0.130. The van der Waals surface area contributed by atoms with E-state index < -0.39 is 11.6 Å². The van der Waals surface area contributed by atoms with Crippen LogP contribution < -0.4 is 5.32 Å². The molecule has 0 spiro atoms. The molecular formula is C16H25N3O3. The topological polar surface area (TPSA) is 88.2 Å². The molecule has 2 atom stereocenters. The molecule has 2 N–H and O–H groups in total. The largest absolute Gasteiger partial charge is 0.392 e. The molecule has 2 unspecified atom stereocenters. The second-order valence-corrected chi connectivity index (χ2v) is 6.73. The van der Waals surface area contributed by atoms with E-state index in [2.05, 4.69) is 15.5 Å². The molecule has 0 bridgehead atoms. The monoisotopic (exact) mass is 307 g/mol. The summed E-state index contributed by atoms with van der Waals surface area (Å²) in [7, 11) is 0. The number of carbonyl (C=O) groups excluding carboxylic acids is 1. The van der Waals surface area contributed by atoms with Crippen molar-refractivity contribution >= 4 is 5.91 Å². The van der Waals surface area contributed by atoms with Crippen LogP contribution in [0.15, 0.2) is 4.52 Å². The van der Waals surface area contributed by atoms with Crippen LogP contribution in [-0.4, -0.2) is 27.3 Å². The van der Waals surface area contributed by atoms with Crippen LogP contribution in [0.25, 0.3) is 0 Å². The van der Waals surface area contributed by atoms with Gasteiger partial charge in [0.1, 0.15) is 5.54 Å². The average Bonchev–Trinajstić information content (AvgIpc) is 3.04. The quantitative estimate of drug-likeness (QED) is 0.836. The van der Waals surface area contributed by atoms with Gasteiger partial charge >= 0.3 is 0 Å². The first-order chi connectivity index (χ1) is 10.6. The van der Waals surface area contributed by atoms with E-state index in [9.17, 15) is 9.90 Å². The number of amides is 1. The van der Waals surface area contributed by atoms with E-state index in [-0.39, 0.29) is 11.8 Å². The minimum absolute atomic E-state index is 0.0608. The fourth-order valence-corrected chi connectivity index (χ4v) is 3.81. The normalized spacial score (nSPS) is 28.3. The van der Waals surface area contributed by atoms with E-state index in [1.165, 1.54) is 12.8 Å². The number of carbonyl (C=O) groups is 1. The lowest BCUT2D eigenvalue weighted by Crippen LogP contribution is -2.49. The van der Waals surface area contributed by atoms with Crippen molar-refractivity contribution in [3.63, 3.8) is 0 Å². The SMILES string of the molecule is Cc1nc(C2(NC(=O)C3CCCC3O)CCCCCC2)no1. The summed E-state index contributed by atoms with van der Waals surface area (Å²) in [5.41, 5.74) is -0.534. The van der Waals surface area contributed by atoms with Gasteiger partial charge in [-0.1, -0.05) is 30.8 Å². The molecule has 1 aromatic heterocycles. The van der Waals surface area contributed by atoms with Crippen molar-refractivity contribution in [3.05, 3.63) is 11.7 Å². The number of aliphatic hydroxyl groups is 1. The third-order valence-corrected chi connectivity index (χ3v) is 5.09. The van der Waals surface area contributed by atoms with Gasteiger partial charge in [-0.2, -0.15) is 4.98 Å². The van der Waals surface area contributed by atoms with Gasteiger partial charge < -0.3 is 14.9 Å². The highest BCUT2D eigenvalue weighted by Crippen LogP contribution is 2.36. The van der Waals surface area contributed by atoms with Crippen LogP contribution in [0.1, 0.15) is 69.5 Å². The molecule has 6 heteroatoms. The van der Waals surface area contributed by atoms with E-state index in [1.807, 2.05) is 0 Å². The molecule has 1 aromatic rings. The van der Waals surface area contributed by atoms with Crippen molar-refractivity contribution in [2.75, 3.05) is 0 Å². The Morgan fingerprint density at radius 1 is 1.23 bits per heavy atom. The number of aromatic nitrogens is 2. The summed E-state index contributed by atoms with van der Waals surface area (Å²) < 4.78 is 5.15. The van der Waals surface area contributed by atoms with Gasteiger partial charge in [0.05, 0.1) is 12.0 Å². The molecular weight excluding hydrogens is 282 g/mol. The highest BCUT2D eigenvalue weighted by molar-refractivity contribution is 5.80. The summed E-state index contributed by atoms with van der Waals surface area (Å²) in [6.45, 7) is 1.77. The molecule has 2 aliphatic rings. The summed E-state index contributed by atoms with van der Waals surface area (Å²) in [4.78, 5) is 17.1. The lowest BCUT2D eigenvalue weighted by Gasteiger charge is -2.32. The van der Waals surface area contributed by atoms with E-state index in [1.54, 1.807) is 6.92 Å². The predicted octanol–water partition coefficient (Wildman–Crippen LogP) is 2.20. The van der Waals surface area contributed by atoms with Crippen LogP contribution in [0.2, 0.25) is 0 Å². The second kappa shape index (κ2) is 6.36. The Balaban J connectivity index is 1.83. The zero-order chi connectivity index (χ0) is 15.6. The van der Waals surface area contributed by atoms with E-state index >= 15 is 0 Å². The van der Waals surface area contributed by atoms with Crippen molar-refractivity contribution < 1.29 is 14.4 Å². The maximum atomic E-state index is 12.7. The van der Waals surface area contributed by atoms with Crippen molar-refractivity contribution in [1.29, 1.82) is 0 Å². The second-order valence-electron chi connectivity index (χ2n) is 6.73. The zero-order valence-electron chi connectivity index (χ0n) is 13.2. The van der Waals surface area contributed by atoms with Gasteiger partial charge in [-0.05, 0) is 32.1 Å². The molecule has 22 heavy (non-hydrogen) atoms. The Morgan fingerprint density at radius 2 is 1.95 bits per heavy atom. The maximum absolute atomic E-state index is 12.7. The standard InChI is InChI=1S/C16H25N3O3/c1-11-17-15(19-22-11)16(9-4-2-3-5-10-16)18-14(21)12-7-6-8-13(12)20/h12-13,20H,2-10H2,1H3,(H,18,21). The molecule has 0 aromatic carbocycles. The van der Waals surface area contributed by atoms with Crippen molar-refractivity contribution in [3.8, 4) is 0 Å². The molecule has 0 saturated heterocycles. The third kappa shape index (κ3) is 3.02. The molecule has 6 nitrogen and oxygen atoms in total. The highest BCUT2D eigenvalue weighted by atomic mass is 16.5. The molecule has 1 amide bonds. The van der Waals surface area contributed by atoms with E-state index in [0.29, 0.717) is 18.1 Å². The van der Waals surface area contributed by atoms with Gasteiger partial charge in [0, 0.05) is 6.92 Å². The average molecular weight is 307 g/mol. The van der Waals surface area contributed by atoms with Gasteiger partial charge in [-0.15, -0.1) is 0 Å². The minimum Gasteiger partial charge on any atom is -0.392 e. The smallest absolute Gasteiger partial charge is 0.226 e. The molecule has 2 fully saturated rings. The predicted molar refractivity (Wildman–Crippen MR) is 79.9 cm³/mol. The third-order valence-electron chi connectivity index (χ3n) is 5.09. The van der Waals surface area contributed by atoms with Gasteiger partial charge in [-0.25, -0.2) is 0 Å². The summed E-state index contributed by atoms with van der Waals surface area (Å²) in [5.74, 6) is 0.754. The van der Waals surface area contributed by atoms with Gasteiger partial charge in [0.2, 0.25) is 11.8 Å². The Bertz CT molecular complexity index is 520. The summed E-state index contributed by atoms with van der Waals surface area (Å²) in [6.07, 6.45) is 7.95. The molecule has 1 heterocycles. The highest BCUT2D eigenvalue weighted by Gasteiger charge is 2.42. The number of aliphatic hydroxyl groups excluding tert-OH is 1.